The Bertz CT molecular complexity index is 755. The summed E-state index contributed by atoms with van der Waals surface area (Å²) in [5, 5.41) is 5.69. The molecule has 0 heterocycles. The second-order valence-corrected chi connectivity index (χ2v) is 6.49. The van der Waals surface area contributed by atoms with E-state index in [1.807, 2.05) is 38.1 Å². The van der Waals surface area contributed by atoms with Crippen LogP contribution < -0.4 is 20.1 Å². The van der Waals surface area contributed by atoms with E-state index in [9.17, 15) is 9.59 Å². The maximum atomic E-state index is 12.6. The van der Waals surface area contributed by atoms with E-state index in [4.69, 9.17) is 9.47 Å². The van der Waals surface area contributed by atoms with Crippen molar-refractivity contribution in [3.05, 3.63) is 59.7 Å². The quantitative estimate of drug-likeness (QED) is 0.749. The maximum Gasteiger partial charge on any atom is 0.251 e. The van der Waals surface area contributed by atoms with Crippen LogP contribution in [0.25, 0.3) is 0 Å². The minimum Gasteiger partial charge on any atom is -0.497 e. The van der Waals surface area contributed by atoms with Gasteiger partial charge in [0.05, 0.1) is 14.2 Å². The topological polar surface area (TPSA) is 76.7 Å². The Labute approximate surface area is 159 Å². The summed E-state index contributed by atoms with van der Waals surface area (Å²) in [6.45, 7) is 4.17. The van der Waals surface area contributed by atoms with Crippen molar-refractivity contribution >= 4 is 11.8 Å². The third-order valence-corrected chi connectivity index (χ3v) is 4.21. The Morgan fingerprint density at radius 2 is 1.41 bits per heavy atom. The fourth-order valence-corrected chi connectivity index (χ4v) is 2.54. The molecule has 2 N–H and O–H groups in total. The maximum absolute atomic E-state index is 12.6. The van der Waals surface area contributed by atoms with E-state index in [2.05, 4.69) is 10.6 Å². The summed E-state index contributed by atoms with van der Waals surface area (Å²) in [6.07, 6.45) is 0. The van der Waals surface area contributed by atoms with E-state index in [0.29, 0.717) is 17.9 Å². The Balaban J connectivity index is 1.97. The predicted octanol–water partition coefficient (Wildman–Crippen LogP) is 2.77. The summed E-state index contributed by atoms with van der Waals surface area (Å²) < 4.78 is 10.2. The first-order valence-corrected chi connectivity index (χ1v) is 8.80. The van der Waals surface area contributed by atoms with Gasteiger partial charge in [-0.05, 0) is 47.9 Å². The molecule has 0 aliphatic carbocycles. The monoisotopic (exact) mass is 370 g/mol. The smallest absolute Gasteiger partial charge is 0.251 e. The first kappa shape index (κ1) is 20.3. The van der Waals surface area contributed by atoms with E-state index in [-0.39, 0.29) is 17.7 Å². The van der Waals surface area contributed by atoms with Crippen molar-refractivity contribution in [3.63, 3.8) is 0 Å². The third-order valence-electron chi connectivity index (χ3n) is 4.21. The van der Waals surface area contributed by atoms with E-state index in [0.717, 1.165) is 11.3 Å². The van der Waals surface area contributed by atoms with Gasteiger partial charge in [0, 0.05) is 12.1 Å². The average molecular weight is 370 g/mol. The molecule has 0 bridgehead atoms. The van der Waals surface area contributed by atoms with E-state index in [1.54, 1.807) is 38.5 Å². The molecule has 0 spiro atoms. The van der Waals surface area contributed by atoms with Gasteiger partial charge in [0.15, 0.2) is 0 Å². The molecule has 0 radical (unpaired) electrons. The van der Waals surface area contributed by atoms with Gasteiger partial charge in [0.2, 0.25) is 5.91 Å². The van der Waals surface area contributed by atoms with Crippen LogP contribution in [0.5, 0.6) is 11.5 Å². The van der Waals surface area contributed by atoms with Gasteiger partial charge in [-0.1, -0.05) is 26.0 Å². The summed E-state index contributed by atoms with van der Waals surface area (Å²) in [5.41, 5.74) is 1.43. The molecular weight excluding hydrogens is 344 g/mol. The molecule has 6 nitrogen and oxygen atoms in total. The highest BCUT2D eigenvalue weighted by Gasteiger charge is 2.24. The Morgan fingerprint density at radius 3 is 1.89 bits per heavy atom. The number of hydrogen-bond acceptors (Lipinski definition) is 4. The van der Waals surface area contributed by atoms with Crippen LogP contribution in [0.4, 0.5) is 0 Å². The molecule has 27 heavy (non-hydrogen) atoms. The lowest BCUT2D eigenvalue weighted by atomic mass is 10.0. The third kappa shape index (κ3) is 5.74. The lowest BCUT2D eigenvalue weighted by Gasteiger charge is -2.22. The molecule has 0 aromatic heterocycles. The zero-order chi connectivity index (χ0) is 19.8. The summed E-state index contributed by atoms with van der Waals surface area (Å²) in [6, 6.07) is 13.6. The lowest BCUT2D eigenvalue weighted by molar-refractivity contribution is -0.124. The number of nitrogens with one attached hydrogen (secondary N) is 2. The summed E-state index contributed by atoms with van der Waals surface area (Å²) in [7, 11) is 3.17. The molecule has 0 saturated carbocycles. The molecule has 2 aromatic rings. The number of hydrogen-bond donors (Lipinski definition) is 2. The lowest BCUT2D eigenvalue weighted by Crippen LogP contribution is -2.49. The van der Waals surface area contributed by atoms with Crippen LogP contribution in [0.3, 0.4) is 0 Å². The van der Waals surface area contributed by atoms with Gasteiger partial charge in [-0.3, -0.25) is 9.59 Å². The van der Waals surface area contributed by atoms with Gasteiger partial charge in [-0.25, -0.2) is 0 Å². The van der Waals surface area contributed by atoms with Crippen LogP contribution >= 0.6 is 0 Å². The average Bonchev–Trinajstić information content (AvgIpc) is 2.70. The zero-order valence-corrected chi connectivity index (χ0v) is 16.1. The minimum atomic E-state index is -0.627. The Kier molecular flexibility index (Phi) is 7.23. The molecule has 2 rings (SSSR count). The number of rotatable bonds is 8. The number of benzene rings is 2. The fourth-order valence-electron chi connectivity index (χ4n) is 2.54. The van der Waals surface area contributed by atoms with Crippen LogP contribution in [0, 0.1) is 5.92 Å². The zero-order valence-electron chi connectivity index (χ0n) is 16.1. The van der Waals surface area contributed by atoms with Crippen LogP contribution in [0.2, 0.25) is 0 Å². The molecule has 0 aliphatic heterocycles. The highest BCUT2D eigenvalue weighted by atomic mass is 16.5. The van der Waals surface area contributed by atoms with Crippen molar-refractivity contribution < 1.29 is 19.1 Å². The van der Waals surface area contributed by atoms with Gasteiger partial charge < -0.3 is 20.1 Å². The highest BCUT2D eigenvalue weighted by Crippen LogP contribution is 2.13. The van der Waals surface area contributed by atoms with E-state index >= 15 is 0 Å². The van der Waals surface area contributed by atoms with Gasteiger partial charge in [0.25, 0.3) is 5.91 Å². The molecule has 6 heteroatoms. The number of ether oxygens (including phenoxy) is 2. The Morgan fingerprint density at radius 1 is 0.889 bits per heavy atom. The number of amides is 2. The fraction of sp³-hybridized carbons (Fsp3) is 0.333. The summed E-state index contributed by atoms with van der Waals surface area (Å²) >= 11 is 0. The Hall–Kier alpha value is -3.02. The van der Waals surface area contributed by atoms with Crippen molar-refractivity contribution in [1.29, 1.82) is 0 Å². The van der Waals surface area contributed by atoms with Gasteiger partial charge in [-0.15, -0.1) is 0 Å². The van der Waals surface area contributed by atoms with Crippen molar-refractivity contribution in [1.82, 2.24) is 10.6 Å². The van der Waals surface area contributed by atoms with Crippen LogP contribution in [0.15, 0.2) is 48.5 Å². The number of carbonyl (C=O) groups excluding carboxylic acids is 2. The molecule has 1 unspecified atom stereocenters. The number of methoxy groups -OCH3 is 2. The molecule has 0 saturated heterocycles. The van der Waals surface area contributed by atoms with Crippen molar-refractivity contribution in [3.8, 4) is 11.5 Å². The second kappa shape index (κ2) is 9.62. The molecule has 0 fully saturated rings. The van der Waals surface area contributed by atoms with Gasteiger partial charge >= 0.3 is 0 Å². The van der Waals surface area contributed by atoms with Crippen LogP contribution in [-0.2, 0) is 11.3 Å². The first-order chi connectivity index (χ1) is 12.9. The largest absolute Gasteiger partial charge is 0.497 e. The minimum absolute atomic E-state index is 0.0527. The van der Waals surface area contributed by atoms with Crippen LogP contribution in [-0.4, -0.2) is 32.1 Å². The molecule has 1 atom stereocenters. The standard InChI is InChI=1S/C21H26N2O4/c1-14(2)19(23-20(24)16-7-11-18(27-4)12-8-16)21(25)22-13-15-5-9-17(26-3)10-6-15/h5-12,14,19H,13H2,1-4H3,(H,22,25)(H,23,24). The summed E-state index contributed by atoms with van der Waals surface area (Å²) in [4.78, 5) is 25.0. The predicted molar refractivity (Wildman–Crippen MR) is 104 cm³/mol. The van der Waals surface area contributed by atoms with Gasteiger partial charge in [0.1, 0.15) is 17.5 Å². The van der Waals surface area contributed by atoms with Gasteiger partial charge in [-0.2, -0.15) is 0 Å². The normalized spacial score (nSPS) is 11.6. The van der Waals surface area contributed by atoms with E-state index in [1.165, 1.54) is 0 Å². The molecule has 144 valence electrons. The first-order valence-electron chi connectivity index (χ1n) is 8.80. The summed E-state index contributed by atoms with van der Waals surface area (Å²) in [5.74, 6) is 0.864. The highest BCUT2D eigenvalue weighted by molar-refractivity contribution is 5.97. The van der Waals surface area contributed by atoms with E-state index < -0.39 is 6.04 Å². The number of carbonyl (C=O) groups is 2. The van der Waals surface area contributed by atoms with Crippen molar-refractivity contribution in [2.75, 3.05) is 14.2 Å². The second-order valence-electron chi connectivity index (χ2n) is 6.49. The molecule has 2 amide bonds. The van der Waals surface area contributed by atoms with Crippen molar-refractivity contribution in [2.24, 2.45) is 5.92 Å². The van der Waals surface area contributed by atoms with Crippen LogP contribution in [0.1, 0.15) is 29.8 Å². The molecular formula is C21H26N2O4. The SMILES string of the molecule is COc1ccc(CNC(=O)C(NC(=O)c2ccc(OC)cc2)C(C)C)cc1. The molecule has 2 aromatic carbocycles. The molecule has 0 aliphatic rings. The van der Waals surface area contributed by atoms with Crippen molar-refractivity contribution in [2.45, 2.75) is 26.4 Å².